The number of carbonyl (C=O) groups is 1. The summed E-state index contributed by atoms with van der Waals surface area (Å²) in [5.41, 5.74) is -0.144. The predicted octanol–water partition coefficient (Wildman–Crippen LogP) is 3.20. The van der Waals surface area contributed by atoms with Crippen LogP contribution in [0.25, 0.3) is 0 Å². The number of hydrogen-bond acceptors (Lipinski definition) is 5. The van der Waals surface area contributed by atoms with Crippen LogP contribution >= 0.6 is 0 Å². The molecule has 2 fully saturated rings. The van der Waals surface area contributed by atoms with E-state index in [0.29, 0.717) is 24.9 Å². The van der Waals surface area contributed by atoms with Crippen molar-refractivity contribution in [2.45, 2.75) is 44.2 Å². The lowest BCUT2D eigenvalue weighted by molar-refractivity contribution is -0.141. The highest BCUT2D eigenvalue weighted by atomic mass is 16.5. The molecule has 0 N–H and O–H groups in total. The standard InChI is InChI=1S/C21H28N2O4/c1-2-17(15-18-5-3-12-25-18)23-11-14-27-21(16-23)7-9-22(10-8-21)20(24)19-6-4-13-26-19/h3-6,12-13,17H,2,7-11,14-16H2,1H3. The van der Waals surface area contributed by atoms with E-state index in [4.69, 9.17) is 13.6 Å². The Morgan fingerprint density at radius 2 is 1.93 bits per heavy atom. The van der Waals surface area contributed by atoms with Gasteiger partial charge in [-0.25, -0.2) is 0 Å². The highest BCUT2D eigenvalue weighted by Crippen LogP contribution is 2.32. The fourth-order valence-electron chi connectivity index (χ4n) is 4.35. The molecule has 0 bridgehead atoms. The number of furan rings is 2. The Hall–Kier alpha value is -2.05. The molecule has 1 atom stereocenters. The Kier molecular flexibility index (Phi) is 5.36. The summed E-state index contributed by atoms with van der Waals surface area (Å²) in [6, 6.07) is 7.95. The lowest BCUT2D eigenvalue weighted by Crippen LogP contribution is -2.59. The second-order valence-corrected chi connectivity index (χ2v) is 7.62. The first-order chi connectivity index (χ1) is 13.2. The lowest BCUT2D eigenvalue weighted by atomic mass is 9.88. The molecular formula is C21H28N2O4. The topological polar surface area (TPSA) is 59.1 Å². The summed E-state index contributed by atoms with van der Waals surface area (Å²) in [5.74, 6) is 1.44. The van der Waals surface area contributed by atoms with Crippen molar-refractivity contribution in [1.82, 2.24) is 9.80 Å². The van der Waals surface area contributed by atoms with E-state index < -0.39 is 0 Å². The number of piperidine rings is 1. The Balaban J connectivity index is 1.37. The van der Waals surface area contributed by atoms with Crippen LogP contribution in [-0.4, -0.2) is 60.1 Å². The third kappa shape index (κ3) is 3.96. The third-order valence-corrected chi connectivity index (χ3v) is 5.98. The molecule has 2 saturated heterocycles. The van der Waals surface area contributed by atoms with Gasteiger partial charge in [0.2, 0.25) is 0 Å². The summed E-state index contributed by atoms with van der Waals surface area (Å²) in [4.78, 5) is 16.9. The minimum atomic E-state index is -0.144. The molecule has 0 aliphatic carbocycles. The van der Waals surface area contributed by atoms with E-state index in [-0.39, 0.29) is 11.5 Å². The molecule has 2 aliphatic heterocycles. The number of nitrogens with zero attached hydrogens (tertiary/aromatic N) is 2. The molecule has 27 heavy (non-hydrogen) atoms. The van der Waals surface area contributed by atoms with Gasteiger partial charge in [0.15, 0.2) is 5.76 Å². The van der Waals surface area contributed by atoms with E-state index in [9.17, 15) is 4.79 Å². The molecule has 0 radical (unpaired) electrons. The first-order valence-electron chi connectivity index (χ1n) is 9.92. The monoisotopic (exact) mass is 372 g/mol. The SMILES string of the molecule is CCC(Cc1ccco1)N1CCOC2(CCN(C(=O)c3ccco3)CC2)C1. The average molecular weight is 372 g/mol. The molecule has 4 rings (SSSR count). The summed E-state index contributed by atoms with van der Waals surface area (Å²) >= 11 is 0. The van der Waals surface area contributed by atoms with Gasteiger partial charge in [0, 0.05) is 38.6 Å². The Bertz CT molecular complexity index is 717. The highest BCUT2D eigenvalue weighted by molar-refractivity contribution is 5.91. The summed E-state index contributed by atoms with van der Waals surface area (Å²) in [6.45, 7) is 6.29. The average Bonchev–Trinajstić information content (AvgIpc) is 3.40. The normalized spacial score (nSPS) is 21.4. The minimum absolute atomic E-state index is 0.0215. The predicted molar refractivity (Wildman–Crippen MR) is 101 cm³/mol. The van der Waals surface area contributed by atoms with Gasteiger partial charge >= 0.3 is 0 Å². The first kappa shape index (κ1) is 18.3. The zero-order chi connectivity index (χ0) is 18.7. The summed E-state index contributed by atoms with van der Waals surface area (Å²) < 4.78 is 17.1. The van der Waals surface area contributed by atoms with Crippen LogP contribution in [0.4, 0.5) is 0 Å². The van der Waals surface area contributed by atoms with Crippen LogP contribution in [0.3, 0.4) is 0 Å². The summed E-state index contributed by atoms with van der Waals surface area (Å²) in [7, 11) is 0. The number of morpholine rings is 1. The lowest BCUT2D eigenvalue weighted by Gasteiger charge is -2.49. The van der Waals surface area contributed by atoms with Gasteiger partial charge in [-0.05, 0) is 43.5 Å². The van der Waals surface area contributed by atoms with Crippen molar-refractivity contribution in [1.29, 1.82) is 0 Å². The van der Waals surface area contributed by atoms with E-state index >= 15 is 0 Å². The molecule has 1 amide bonds. The van der Waals surface area contributed by atoms with Crippen LogP contribution in [0.2, 0.25) is 0 Å². The number of ether oxygens (including phenoxy) is 1. The van der Waals surface area contributed by atoms with E-state index in [1.165, 1.54) is 0 Å². The van der Waals surface area contributed by atoms with Crippen molar-refractivity contribution in [2.24, 2.45) is 0 Å². The maximum absolute atomic E-state index is 12.5. The van der Waals surface area contributed by atoms with Crippen molar-refractivity contribution < 1.29 is 18.4 Å². The fourth-order valence-corrected chi connectivity index (χ4v) is 4.35. The molecule has 4 heterocycles. The van der Waals surface area contributed by atoms with E-state index in [1.54, 1.807) is 24.7 Å². The van der Waals surface area contributed by atoms with Gasteiger partial charge in [-0.1, -0.05) is 6.92 Å². The maximum Gasteiger partial charge on any atom is 0.289 e. The largest absolute Gasteiger partial charge is 0.469 e. The van der Waals surface area contributed by atoms with Gasteiger partial charge < -0.3 is 18.5 Å². The van der Waals surface area contributed by atoms with Gasteiger partial charge in [0.1, 0.15) is 5.76 Å². The van der Waals surface area contributed by atoms with Gasteiger partial charge in [0.25, 0.3) is 5.91 Å². The van der Waals surface area contributed by atoms with Crippen molar-refractivity contribution in [3.05, 3.63) is 48.3 Å². The van der Waals surface area contributed by atoms with E-state index in [1.807, 2.05) is 11.0 Å². The van der Waals surface area contributed by atoms with Crippen LogP contribution in [-0.2, 0) is 11.2 Å². The molecule has 2 aromatic heterocycles. The Morgan fingerprint density at radius 1 is 1.15 bits per heavy atom. The van der Waals surface area contributed by atoms with E-state index in [0.717, 1.165) is 51.1 Å². The number of rotatable bonds is 5. The maximum atomic E-state index is 12.5. The number of hydrogen-bond donors (Lipinski definition) is 0. The van der Waals surface area contributed by atoms with Crippen molar-refractivity contribution >= 4 is 5.91 Å². The third-order valence-electron chi connectivity index (χ3n) is 5.98. The number of amides is 1. The van der Waals surface area contributed by atoms with Gasteiger partial charge in [-0.15, -0.1) is 0 Å². The molecule has 146 valence electrons. The molecule has 6 nitrogen and oxygen atoms in total. The van der Waals surface area contributed by atoms with Crippen LogP contribution in [0.5, 0.6) is 0 Å². The van der Waals surface area contributed by atoms with Crippen molar-refractivity contribution in [3.63, 3.8) is 0 Å². The Labute approximate surface area is 160 Å². The number of likely N-dealkylation sites (tertiary alicyclic amines) is 1. The first-order valence-corrected chi connectivity index (χ1v) is 9.92. The highest BCUT2D eigenvalue weighted by Gasteiger charge is 2.42. The van der Waals surface area contributed by atoms with Gasteiger partial charge in [-0.3, -0.25) is 9.69 Å². The molecule has 0 aromatic carbocycles. The second-order valence-electron chi connectivity index (χ2n) is 7.62. The molecular weight excluding hydrogens is 344 g/mol. The Morgan fingerprint density at radius 3 is 2.59 bits per heavy atom. The van der Waals surface area contributed by atoms with Crippen LogP contribution in [0.1, 0.15) is 42.5 Å². The van der Waals surface area contributed by atoms with Crippen molar-refractivity contribution in [3.8, 4) is 0 Å². The van der Waals surface area contributed by atoms with E-state index in [2.05, 4.69) is 17.9 Å². The minimum Gasteiger partial charge on any atom is -0.469 e. The molecule has 1 unspecified atom stereocenters. The molecule has 0 saturated carbocycles. The molecule has 2 aliphatic rings. The van der Waals surface area contributed by atoms with Crippen molar-refractivity contribution in [2.75, 3.05) is 32.8 Å². The second kappa shape index (κ2) is 7.90. The fraction of sp³-hybridized carbons (Fsp3) is 0.571. The summed E-state index contributed by atoms with van der Waals surface area (Å²) in [6.07, 6.45) is 7.04. The zero-order valence-corrected chi connectivity index (χ0v) is 15.9. The summed E-state index contributed by atoms with van der Waals surface area (Å²) in [5, 5.41) is 0. The molecule has 6 heteroatoms. The zero-order valence-electron chi connectivity index (χ0n) is 15.9. The smallest absolute Gasteiger partial charge is 0.289 e. The van der Waals surface area contributed by atoms with Crippen LogP contribution in [0.15, 0.2) is 45.6 Å². The van der Waals surface area contributed by atoms with Crippen LogP contribution in [0, 0.1) is 0 Å². The van der Waals surface area contributed by atoms with Crippen LogP contribution < -0.4 is 0 Å². The quantitative estimate of drug-likeness (QED) is 0.807. The number of carbonyl (C=O) groups excluding carboxylic acids is 1. The molecule has 1 spiro atoms. The molecule has 2 aromatic rings. The van der Waals surface area contributed by atoms with Gasteiger partial charge in [-0.2, -0.15) is 0 Å². The van der Waals surface area contributed by atoms with Gasteiger partial charge in [0.05, 0.1) is 24.7 Å².